The number of carboxylic acid groups (broad SMARTS) is 1. The van der Waals surface area contributed by atoms with Gasteiger partial charge in [-0.05, 0) is 24.6 Å². The molecule has 2 N–H and O–H groups in total. The first-order valence-electron chi connectivity index (χ1n) is 5.64. The Morgan fingerprint density at radius 1 is 1.35 bits per heavy atom. The van der Waals surface area contributed by atoms with Gasteiger partial charge in [-0.1, -0.05) is 0 Å². The quantitative estimate of drug-likeness (QED) is 0.627. The number of alkyl halides is 3. The van der Waals surface area contributed by atoms with Crippen molar-refractivity contribution in [3.8, 4) is 0 Å². The first kappa shape index (κ1) is 16.2. The van der Waals surface area contributed by atoms with Crippen LogP contribution in [0.3, 0.4) is 0 Å². The fraction of sp³-hybridized carbons (Fsp3) is 0.333. The predicted molar refractivity (Wildman–Crippen MR) is 68.6 cm³/mol. The lowest BCUT2D eigenvalue weighted by Crippen LogP contribution is -2.24. The Morgan fingerprint density at radius 3 is 2.65 bits per heavy atom. The van der Waals surface area contributed by atoms with E-state index in [2.05, 4.69) is 5.32 Å². The van der Waals surface area contributed by atoms with E-state index >= 15 is 0 Å². The third-order valence-electron chi connectivity index (χ3n) is 2.16. The van der Waals surface area contributed by atoms with Crippen LogP contribution in [-0.2, 0) is 4.79 Å². The van der Waals surface area contributed by atoms with E-state index < -0.39 is 24.5 Å². The smallest absolute Gasteiger partial charge is 0.389 e. The average molecular weight is 307 g/mol. The molecule has 0 fully saturated rings. The number of carboxylic acids is 1. The topological polar surface area (TPSA) is 66.4 Å². The molecule has 1 heterocycles. The maximum atomic E-state index is 11.9. The van der Waals surface area contributed by atoms with Crippen LogP contribution >= 0.6 is 11.3 Å². The maximum Gasteiger partial charge on any atom is 0.389 e. The Balaban J connectivity index is 2.42. The van der Waals surface area contributed by atoms with Crippen LogP contribution in [0.4, 0.5) is 13.2 Å². The molecule has 0 aliphatic heterocycles. The van der Waals surface area contributed by atoms with E-state index in [-0.39, 0.29) is 13.0 Å². The Labute approximate surface area is 116 Å². The molecule has 0 aliphatic rings. The van der Waals surface area contributed by atoms with Crippen molar-refractivity contribution in [2.45, 2.75) is 19.0 Å². The standard InChI is InChI=1S/C12H12F3NO3S/c13-12(14,15)6-1-7-16-11(19)9-4-2-8(20-9)3-5-10(17)18/h2-5H,1,6-7H2,(H,16,19)(H,17,18)/b5-3+. The van der Waals surface area contributed by atoms with E-state index in [1.165, 1.54) is 12.1 Å². The third kappa shape index (κ3) is 6.37. The van der Waals surface area contributed by atoms with Gasteiger partial charge in [-0.25, -0.2) is 4.79 Å². The van der Waals surface area contributed by atoms with Crippen LogP contribution in [0.15, 0.2) is 18.2 Å². The Kier molecular flexibility index (Phi) is 5.75. The zero-order valence-corrected chi connectivity index (χ0v) is 11.1. The molecule has 20 heavy (non-hydrogen) atoms. The van der Waals surface area contributed by atoms with E-state index in [1.54, 1.807) is 6.07 Å². The van der Waals surface area contributed by atoms with Crippen molar-refractivity contribution in [2.75, 3.05) is 6.54 Å². The lowest BCUT2D eigenvalue weighted by molar-refractivity contribution is -0.135. The van der Waals surface area contributed by atoms with Crippen LogP contribution in [0.2, 0.25) is 0 Å². The molecular formula is C12H12F3NO3S. The first-order valence-corrected chi connectivity index (χ1v) is 6.45. The van der Waals surface area contributed by atoms with E-state index in [0.717, 1.165) is 17.4 Å². The van der Waals surface area contributed by atoms with E-state index in [1.807, 2.05) is 0 Å². The van der Waals surface area contributed by atoms with Crippen LogP contribution in [0.1, 0.15) is 27.4 Å². The van der Waals surface area contributed by atoms with Gasteiger partial charge in [0.25, 0.3) is 5.91 Å². The van der Waals surface area contributed by atoms with Crippen LogP contribution in [0.25, 0.3) is 6.08 Å². The van der Waals surface area contributed by atoms with Crippen molar-refractivity contribution in [3.05, 3.63) is 28.0 Å². The van der Waals surface area contributed by atoms with Gasteiger partial charge in [0, 0.05) is 23.9 Å². The van der Waals surface area contributed by atoms with Crippen molar-refractivity contribution < 1.29 is 27.9 Å². The summed E-state index contributed by atoms with van der Waals surface area (Å²) in [5.41, 5.74) is 0. The van der Waals surface area contributed by atoms with Gasteiger partial charge in [0.1, 0.15) is 0 Å². The largest absolute Gasteiger partial charge is 0.478 e. The molecular weight excluding hydrogens is 295 g/mol. The Morgan fingerprint density at radius 2 is 2.05 bits per heavy atom. The molecule has 1 aromatic heterocycles. The van der Waals surface area contributed by atoms with Gasteiger partial charge >= 0.3 is 12.1 Å². The van der Waals surface area contributed by atoms with Gasteiger partial charge in [-0.15, -0.1) is 11.3 Å². The van der Waals surface area contributed by atoms with Gasteiger partial charge in [0.2, 0.25) is 0 Å². The summed E-state index contributed by atoms with van der Waals surface area (Å²) in [5.74, 6) is -1.57. The van der Waals surface area contributed by atoms with Crippen molar-refractivity contribution in [1.29, 1.82) is 0 Å². The summed E-state index contributed by atoms with van der Waals surface area (Å²) in [6, 6.07) is 3.06. The molecule has 110 valence electrons. The molecule has 0 saturated carbocycles. The third-order valence-corrected chi connectivity index (χ3v) is 3.21. The number of carbonyl (C=O) groups is 2. The lowest BCUT2D eigenvalue weighted by Gasteiger charge is -2.06. The van der Waals surface area contributed by atoms with Crippen molar-refractivity contribution in [3.63, 3.8) is 0 Å². The Bertz CT molecular complexity index is 508. The number of hydrogen-bond donors (Lipinski definition) is 2. The summed E-state index contributed by atoms with van der Waals surface area (Å²) in [7, 11) is 0. The second-order valence-corrected chi connectivity index (χ2v) is 4.96. The highest BCUT2D eigenvalue weighted by atomic mass is 32.1. The SMILES string of the molecule is O=C(O)/C=C/c1ccc(C(=O)NCCCC(F)(F)F)s1. The second-order valence-electron chi connectivity index (χ2n) is 3.85. The van der Waals surface area contributed by atoms with Crippen molar-refractivity contribution in [1.82, 2.24) is 5.32 Å². The fourth-order valence-electron chi connectivity index (χ4n) is 1.30. The van der Waals surface area contributed by atoms with Gasteiger partial charge in [-0.2, -0.15) is 13.2 Å². The van der Waals surface area contributed by atoms with E-state index in [4.69, 9.17) is 5.11 Å². The van der Waals surface area contributed by atoms with Gasteiger partial charge in [-0.3, -0.25) is 4.79 Å². The fourth-order valence-corrected chi connectivity index (χ4v) is 2.12. The summed E-state index contributed by atoms with van der Waals surface area (Å²) in [6.45, 7) is -0.0590. The molecule has 0 bridgehead atoms. The number of nitrogens with one attached hydrogen (secondary N) is 1. The number of halogens is 3. The molecule has 0 aromatic carbocycles. The lowest BCUT2D eigenvalue weighted by atomic mass is 10.3. The van der Waals surface area contributed by atoms with Gasteiger partial charge in [0.15, 0.2) is 0 Å². The first-order chi connectivity index (χ1) is 9.28. The van der Waals surface area contributed by atoms with Gasteiger partial charge in [0.05, 0.1) is 4.88 Å². The molecule has 0 aliphatic carbocycles. The molecule has 0 atom stereocenters. The molecule has 1 rings (SSSR count). The molecule has 0 radical (unpaired) electrons. The molecule has 1 aromatic rings. The maximum absolute atomic E-state index is 11.9. The zero-order valence-electron chi connectivity index (χ0n) is 10.2. The summed E-state index contributed by atoms with van der Waals surface area (Å²) in [5, 5.41) is 10.8. The summed E-state index contributed by atoms with van der Waals surface area (Å²) >= 11 is 1.06. The number of thiophene rings is 1. The number of aliphatic carboxylic acids is 1. The van der Waals surface area contributed by atoms with Crippen molar-refractivity contribution in [2.24, 2.45) is 0 Å². The van der Waals surface area contributed by atoms with Crippen LogP contribution in [-0.4, -0.2) is 29.7 Å². The van der Waals surface area contributed by atoms with Gasteiger partial charge < -0.3 is 10.4 Å². The Hall–Kier alpha value is -1.83. The number of amides is 1. The van der Waals surface area contributed by atoms with E-state index in [0.29, 0.717) is 9.75 Å². The van der Waals surface area contributed by atoms with Crippen LogP contribution in [0.5, 0.6) is 0 Å². The molecule has 1 amide bonds. The predicted octanol–water partition coefficient (Wildman–Crippen LogP) is 2.92. The van der Waals surface area contributed by atoms with E-state index in [9.17, 15) is 22.8 Å². The zero-order chi connectivity index (χ0) is 15.2. The van der Waals surface area contributed by atoms with Crippen LogP contribution in [0, 0.1) is 0 Å². The van der Waals surface area contributed by atoms with Crippen LogP contribution < -0.4 is 5.32 Å². The second kappa shape index (κ2) is 7.09. The average Bonchev–Trinajstić information content (AvgIpc) is 2.79. The highest BCUT2D eigenvalue weighted by Crippen LogP contribution is 2.21. The monoisotopic (exact) mass is 307 g/mol. The minimum absolute atomic E-state index is 0.0590. The minimum atomic E-state index is -4.22. The molecule has 0 spiro atoms. The summed E-state index contributed by atoms with van der Waals surface area (Å²) in [4.78, 5) is 22.8. The number of carbonyl (C=O) groups excluding carboxylic acids is 1. The number of rotatable bonds is 6. The normalized spacial score (nSPS) is 11.8. The highest BCUT2D eigenvalue weighted by molar-refractivity contribution is 7.14. The minimum Gasteiger partial charge on any atom is -0.478 e. The summed E-state index contributed by atoms with van der Waals surface area (Å²) in [6.07, 6.45) is -3.05. The molecule has 0 saturated heterocycles. The summed E-state index contributed by atoms with van der Waals surface area (Å²) < 4.78 is 35.7. The molecule has 0 unspecified atom stereocenters. The van der Waals surface area contributed by atoms with Crippen molar-refractivity contribution >= 4 is 29.3 Å². The highest BCUT2D eigenvalue weighted by Gasteiger charge is 2.26. The molecule has 4 nitrogen and oxygen atoms in total. The molecule has 8 heteroatoms. The number of hydrogen-bond acceptors (Lipinski definition) is 3.